The van der Waals surface area contributed by atoms with Crippen LogP contribution in [0.1, 0.15) is 18.1 Å². The zero-order valence-electron chi connectivity index (χ0n) is 12.2. The lowest BCUT2D eigenvalue weighted by Gasteiger charge is -2.02. The molecule has 2 rings (SSSR count). The third-order valence-corrected chi connectivity index (χ3v) is 2.80. The second-order valence-electron chi connectivity index (χ2n) is 4.39. The van der Waals surface area contributed by atoms with Gasteiger partial charge >= 0.3 is 5.97 Å². The third kappa shape index (κ3) is 4.50. The Hall–Kier alpha value is -3.06. The Labute approximate surface area is 129 Å². The molecule has 2 aromatic carbocycles. The number of hydrogen-bond acceptors (Lipinski definition) is 4. The van der Waals surface area contributed by atoms with Crippen LogP contribution >= 0.6 is 0 Å². The van der Waals surface area contributed by atoms with E-state index in [9.17, 15) is 4.79 Å². The Balaban J connectivity index is 1.94. The summed E-state index contributed by atoms with van der Waals surface area (Å²) in [5.41, 5.74) is 1.39. The van der Waals surface area contributed by atoms with Gasteiger partial charge in [0.15, 0.2) is 0 Å². The molecule has 0 bridgehead atoms. The first kappa shape index (κ1) is 15.3. The summed E-state index contributed by atoms with van der Waals surface area (Å²) in [4.78, 5) is 11.7. The molecule has 0 atom stereocenters. The predicted octanol–water partition coefficient (Wildman–Crippen LogP) is 3.58. The fourth-order valence-electron chi connectivity index (χ4n) is 1.75. The van der Waals surface area contributed by atoms with Gasteiger partial charge in [0.1, 0.15) is 11.5 Å². The van der Waals surface area contributed by atoms with E-state index in [1.54, 1.807) is 30.3 Å². The van der Waals surface area contributed by atoms with Crippen molar-refractivity contribution < 1.29 is 14.3 Å². The average Bonchev–Trinajstić information content (AvgIpc) is 2.55. The molecule has 0 aromatic heterocycles. The molecule has 22 heavy (non-hydrogen) atoms. The van der Waals surface area contributed by atoms with E-state index in [0.29, 0.717) is 17.9 Å². The number of benzene rings is 2. The van der Waals surface area contributed by atoms with Gasteiger partial charge in [-0.05, 0) is 55.0 Å². The lowest BCUT2D eigenvalue weighted by atomic mass is 10.2. The SMILES string of the molecule is CCOc1ccc(C=CC(=O)Oc2ccc(C#N)cc2)cc1. The Morgan fingerprint density at radius 2 is 1.73 bits per heavy atom. The number of nitriles is 1. The van der Waals surface area contributed by atoms with Gasteiger partial charge in [-0.1, -0.05) is 12.1 Å². The number of carbonyl (C=O) groups excluding carboxylic acids is 1. The van der Waals surface area contributed by atoms with Gasteiger partial charge in [0.25, 0.3) is 0 Å². The minimum absolute atomic E-state index is 0.403. The molecule has 0 fully saturated rings. The van der Waals surface area contributed by atoms with Gasteiger partial charge in [0.2, 0.25) is 0 Å². The summed E-state index contributed by atoms with van der Waals surface area (Å²) in [6, 6.07) is 15.8. The second-order valence-corrected chi connectivity index (χ2v) is 4.39. The van der Waals surface area contributed by atoms with Gasteiger partial charge in [-0.2, -0.15) is 5.26 Å². The fourth-order valence-corrected chi connectivity index (χ4v) is 1.75. The van der Waals surface area contributed by atoms with Crippen molar-refractivity contribution in [1.82, 2.24) is 0 Å². The van der Waals surface area contributed by atoms with E-state index in [-0.39, 0.29) is 0 Å². The lowest BCUT2D eigenvalue weighted by Crippen LogP contribution is -2.03. The predicted molar refractivity (Wildman–Crippen MR) is 83.4 cm³/mol. The molecule has 0 radical (unpaired) electrons. The molecule has 0 N–H and O–H groups in total. The number of nitrogens with zero attached hydrogens (tertiary/aromatic N) is 1. The summed E-state index contributed by atoms with van der Waals surface area (Å²) in [6.07, 6.45) is 3.02. The maximum absolute atomic E-state index is 11.7. The normalized spacial score (nSPS) is 10.2. The highest BCUT2D eigenvalue weighted by Gasteiger charge is 2.01. The van der Waals surface area contributed by atoms with Crippen molar-refractivity contribution in [2.24, 2.45) is 0 Å². The van der Waals surface area contributed by atoms with E-state index < -0.39 is 5.97 Å². The molecule has 0 heterocycles. The molecule has 2 aromatic rings. The number of carbonyl (C=O) groups is 1. The standard InChI is InChI=1S/C18H15NO3/c1-2-21-16-8-3-14(4-9-16)7-12-18(20)22-17-10-5-15(13-19)6-11-17/h3-12H,2H2,1H3. The molecule has 4 nitrogen and oxygen atoms in total. The number of ether oxygens (including phenoxy) is 2. The molecule has 0 saturated heterocycles. The van der Waals surface area contributed by atoms with Gasteiger partial charge in [-0.15, -0.1) is 0 Å². The van der Waals surface area contributed by atoms with Gasteiger partial charge in [0, 0.05) is 6.08 Å². The van der Waals surface area contributed by atoms with Crippen LogP contribution in [0.2, 0.25) is 0 Å². The van der Waals surface area contributed by atoms with Gasteiger partial charge < -0.3 is 9.47 Å². The topological polar surface area (TPSA) is 59.3 Å². The largest absolute Gasteiger partial charge is 0.494 e. The maximum atomic E-state index is 11.7. The molecule has 0 aliphatic heterocycles. The van der Waals surface area contributed by atoms with E-state index in [4.69, 9.17) is 14.7 Å². The van der Waals surface area contributed by atoms with Crippen LogP contribution in [0, 0.1) is 11.3 Å². The van der Waals surface area contributed by atoms with Gasteiger partial charge in [-0.25, -0.2) is 4.79 Å². The Bertz CT molecular complexity index is 695. The van der Waals surface area contributed by atoms with Crippen LogP contribution in [0.3, 0.4) is 0 Å². The lowest BCUT2D eigenvalue weighted by molar-refractivity contribution is -0.128. The highest BCUT2D eigenvalue weighted by molar-refractivity contribution is 5.88. The second kappa shape index (κ2) is 7.65. The van der Waals surface area contributed by atoms with E-state index in [0.717, 1.165) is 11.3 Å². The highest BCUT2D eigenvalue weighted by atomic mass is 16.5. The summed E-state index contributed by atoms with van der Waals surface area (Å²) in [6.45, 7) is 2.54. The molecule has 4 heteroatoms. The van der Waals surface area contributed by atoms with Crippen LogP contribution in [0.4, 0.5) is 0 Å². The van der Waals surface area contributed by atoms with E-state index in [1.807, 2.05) is 37.3 Å². The zero-order chi connectivity index (χ0) is 15.8. The highest BCUT2D eigenvalue weighted by Crippen LogP contribution is 2.14. The van der Waals surface area contributed by atoms with Gasteiger partial charge in [-0.3, -0.25) is 0 Å². The minimum atomic E-state index is -0.474. The summed E-state index contributed by atoms with van der Waals surface area (Å²) >= 11 is 0. The smallest absolute Gasteiger partial charge is 0.336 e. The van der Waals surface area contributed by atoms with E-state index >= 15 is 0 Å². The van der Waals surface area contributed by atoms with Crippen molar-refractivity contribution in [3.63, 3.8) is 0 Å². The summed E-state index contributed by atoms with van der Waals surface area (Å²) < 4.78 is 10.5. The Morgan fingerprint density at radius 1 is 1.09 bits per heavy atom. The summed E-state index contributed by atoms with van der Waals surface area (Å²) in [5.74, 6) is 0.721. The molecule has 0 saturated carbocycles. The first-order valence-corrected chi connectivity index (χ1v) is 6.84. The Kier molecular flexibility index (Phi) is 5.33. The van der Waals surface area contributed by atoms with Crippen molar-refractivity contribution in [3.05, 3.63) is 65.7 Å². The number of hydrogen-bond donors (Lipinski definition) is 0. The quantitative estimate of drug-likeness (QED) is 0.480. The van der Waals surface area contributed by atoms with Crippen molar-refractivity contribution in [2.45, 2.75) is 6.92 Å². The molecule has 0 spiro atoms. The molecular weight excluding hydrogens is 278 g/mol. The summed E-state index contributed by atoms with van der Waals surface area (Å²) in [5, 5.41) is 8.70. The molecule has 110 valence electrons. The third-order valence-electron chi connectivity index (χ3n) is 2.80. The molecular formula is C18H15NO3. The van der Waals surface area contributed by atoms with Crippen LogP contribution < -0.4 is 9.47 Å². The molecule has 0 aliphatic carbocycles. The van der Waals surface area contributed by atoms with Crippen LogP contribution in [-0.2, 0) is 4.79 Å². The van der Waals surface area contributed by atoms with Gasteiger partial charge in [0.05, 0.1) is 18.2 Å². The average molecular weight is 293 g/mol. The van der Waals surface area contributed by atoms with Crippen molar-refractivity contribution in [2.75, 3.05) is 6.61 Å². The number of esters is 1. The zero-order valence-corrected chi connectivity index (χ0v) is 12.2. The molecule has 0 amide bonds. The maximum Gasteiger partial charge on any atom is 0.336 e. The first-order valence-electron chi connectivity index (χ1n) is 6.84. The monoisotopic (exact) mass is 293 g/mol. The van der Waals surface area contributed by atoms with E-state index in [2.05, 4.69) is 0 Å². The molecule has 0 aliphatic rings. The van der Waals surface area contributed by atoms with Crippen molar-refractivity contribution >= 4 is 12.0 Å². The van der Waals surface area contributed by atoms with Crippen molar-refractivity contribution in [3.8, 4) is 17.6 Å². The Morgan fingerprint density at radius 3 is 2.32 bits per heavy atom. The first-order chi connectivity index (χ1) is 10.7. The van der Waals surface area contributed by atoms with Crippen LogP contribution in [0.5, 0.6) is 11.5 Å². The van der Waals surface area contributed by atoms with Crippen LogP contribution in [0.15, 0.2) is 54.6 Å². The summed E-state index contributed by atoms with van der Waals surface area (Å²) in [7, 11) is 0. The van der Waals surface area contributed by atoms with Crippen LogP contribution in [0.25, 0.3) is 6.08 Å². The van der Waals surface area contributed by atoms with Crippen molar-refractivity contribution in [1.29, 1.82) is 5.26 Å². The number of rotatable bonds is 5. The van der Waals surface area contributed by atoms with E-state index in [1.165, 1.54) is 6.08 Å². The minimum Gasteiger partial charge on any atom is -0.494 e. The molecule has 0 unspecified atom stereocenters. The van der Waals surface area contributed by atoms with Crippen LogP contribution in [-0.4, -0.2) is 12.6 Å². The fraction of sp³-hybridized carbons (Fsp3) is 0.111.